The zero-order valence-corrected chi connectivity index (χ0v) is 16.8. The fourth-order valence-electron chi connectivity index (χ4n) is 3.38. The minimum Gasteiger partial charge on any atom is -0.367 e. The van der Waals surface area contributed by atoms with E-state index in [4.69, 9.17) is 0 Å². The van der Waals surface area contributed by atoms with E-state index in [0.717, 1.165) is 11.8 Å². The Kier molecular flexibility index (Phi) is 6.33. The van der Waals surface area contributed by atoms with Crippen molar-refractivity contribution in [3.63, 3.8) is 0 Å². The van der Waals surface area contributed by atoms with E-state index < -0.39 is 17.6 Å². The minimum atomic E-state index is -4.45. The first-order chi connectivity index (χ1) is 14.1. The van der Waals surface area contributed by atoms with E-state index in [-0.39, 0.29) is 23.4 Å². The number of halogens is 3. The molecule has 0 atom stereocenters. The Morgan fingerprint density at radius 3 is 2.40 bits per heavy atom. The van der Waals surface area contributed by atoms with Crippen LogP contribution >= 0.6 is 0 Å². The molecule has 158 valence electrons. The molecule has 1 aliphatic rings. The van der Waals surface area contributed by atoms with Gasteiger partial charge in [-0.25, -0.2) is 4.98 Å². The number of hydrogen-bond donors (Lipinski definition) is 1. The second kappa shape index (κ2) is 8.77. The molecule has 3 rings (SSSR count). The lowest BCUT2D eigenvalue weighted by Crippen LogP contribution is -2.48. The van der Waals surface area contributed by atoms with Gasteiger partial charge < -0.3 is 15.1 Å². The molecule has 2 amide bonds. The molecule has 1 N–H and O–H groups in total. The SMILES string of the molecule is Bc1ccc(CC(=O)Nc2ccc(N3CCN(C(C)=O)CC3)cn2)cc1C(F)(F)F. The van der Waals surface area contributed by atoms with Gasteiger partial charge in [0.25, 0.3) is 0 Å². The van der Waals surface area contributed by atoms with Crippen LogP contribution in [0.15, 0.2) is 36.5 Å². The lowest BCUT2D eigenvalue weighted by molar-refractivity contribution is -0.136. The lowest BCUT2D eigenvalue weighted by atomic mass is 9.88. The molecule has 0 unspecified atom stereocenters. The molecule has 0 spiro atoms. The van der Waals surface area contributed by atoms with E-state index in [1.54, 1.807) is 24.1 Å². The average molecular weight is 418 g/mol. The molecule has 1 fully saturated rings. The zero-order chi connectivity index (χ0) is 21.9. The third kappa shape index (κ3) is 5.31. The van der Waals surface area contributed by atoms with Gasteiger partial charge in [-0.15, -0.1) is 0 Å². The quantitative estimate of drug-likeness (QED) is 0.759. The topological polar surface area (TPSA) is 65.5 Å². The summed E-state index contributed by atoms with van der Waals surface area (Å²) >= 11 is 0. The molecule has 30 heavy (non-hydrogen) atoms. The fourth-order valence-corrected chi connectivity index (χ4v) is 3.38. The molecule has 10 heteroatoms. The van der Waals surface area contributed by atoms with Gasteiger partial charge in [0.05, 0.1) is 18.3 Å². The Balaban J connectivity index is 1.58. The second-order valence-electron chi connectivity index (χ2n) is 7.27. The molecule has 1 aliphatic heterocycles. The minimum absolute atomic E-state index is 0.0572. The van der Waals surface area contributed by atoms with E-state index >= 15 is 0 Å². The zero-order valence-electron chi connectivity index (χ0n) is 16.8. The van der Waals surface area contributed by atoms with Crippen molar-refractivity contribution in [2.45, 2.75) is 19.5 Å². The number of pyridine rings is 1. The Labute approximate surface area is 173 Å². The van der Waals surface area contributed by atoms with E-state index in [2.05, 4.69) is 15.2 Å². The highest BCUT2D eigenvalue weighted by Crippen LogP contribution is 2.28. The molecule has 0 saturated carbocycles. The van der Waals surface area contributed by atoms with Crippen molar-refractivity contribution in [2.75, 3.05) is 36.4 Å². The number of amides is 2. The molecule has 1 aromatic carbocycles. The summed E-state index contributed by atoms with van der Waals surface area (Å²) in [5, 5.41) is 2.61. The smallest absolute Gasteiger partial charge is 0.367 e. The summed E-state index contributed by atoms with van der Waals surface area (Å²) in [5.41, 5.74) is 0.545. The second-order valence-corrected chi connectivity index (χ2v) is 7.27. The first-order valence-corrected chi connectivity index (χ1v) is 9.56. The van der Waals surface area contributed by atoms with Crippen LogP contribution in [0.25, 0.3) is 0 Å². The number of rotatable bonds is 4. The Hall–Kier alpha value is -3.04. The number of carbonyl (C=O) groups excluding carboxylic acids is 2. The molecule has 0 bridgehead atoms. The average Bonchev–Trinajstić information content (AvgIpc) is 2.69. The highest BCUT2D eigenvalue weighted by molar-refractivity contribution is 6.33. The normalized spacial score (nSPS) is 14.5. The van der Waals surface area contributed by atoms with Crippen molar-refractivity contribution >= 4 is 36.6 Å². The molecular weight excluding hydrogens is 396 g/mol. The highest BCUT2D eigenvalue weighted by atomic mass is 19.4. The van der Waals surface area contributed by atoms with E-state index in [9.17, 15) is 22.8 Å². The highest BCUT2D eigenvalue weighted by Gasteiger charge is 2.32. The maximum Gasteiger partial charge on any atom is 0.415 e. The molecule has 2 aromatic rings. The van der Waals surface area contributed by atoms with Gasteiger partial charge in [0.2, 0.25) is 11.8 Å². The van der Waals surface area contributed by atoms with Crippen molar-refractivity contribution in [3.05, 3.63) is 47.7 Å². The summed E-state index contributed by atoms with van der Waals surface area (Å²) in [6, 6.07) is 7.36. The molecule has 1 aromatic heterocycles. The van der Waals surface area contributed by atoms with Crippen LogP contribution < -0.4 is 15.7 Å². The Morgan fingerprint density at radius 2 is 1.83 bits per heavy atom. The van der Waals surface area contributed by atoms with Crippen LogP contribution in [0.3, 0.4) is 0 Å². The number of carbonyl (C=O) groups is 2. The molecule has 0 radical (unpaired) electrons. The van der Waals surface area contributed by atoms with E-state index in [1.165, 1.54) is 20.0 Å². The molecule has 1 saturated heterocycles. The standard InChI is InChI=1S/C20H22BF3N4O2/c1-13(29)27-6-8-28(9-7-27)15-3-5-18(25-12-15)26-19(30)11-14-2-4-17(21)16(10-14)20(22,23)24/h2-5,10,12H,6-9,11,21H2,1H3,(H,25,26,30). The molecular formula is C20H22BF3N4O2. The van der Waals surface area contributed by atoms with Crippen molar-refractivity contribution in [2.24, 2.45) is 0 Å². The van der Waals surface area contributed by atoms with Crippen LogP contribution in [-0.2, 0) is 22.2 Å². The van der Waals surface area contributed by atoms with Gasteiger partial charge in [0, 0.05) is 38.7 Å². The van der Waals surface area contributed by atoms with Gasteiger partial charge in [-0.1, -0.05) is 17.6 Å². The summed E-state index contributed by atoms with van der Waals surface area (Å²) in [4.78, 5) is 31.7. The van der Waals surface area contributed by atoms with Crippen LogP contribution in [0.5, 0.6) is 0 Å². The van der Waals surface area contributed by atoms with Gasteiger partial charge in [-0.3, -0.25) is 9.59 Å². The van der Waals surface area contributed by atoms with Crippen LogP contribution in [0.2, 0.25) is 0 Å². The number of benzene rings is 1. The fraction of sp³-hybridized carbons (Fsp3) is 0.350. The summed E-state index contributed by atoms with van der Waals surface area (Å²) in [6.07, 6.45) is -3.00. The largest absolute Gasteiger partial charge is 0.415 e. The van der Waals surface area contributed by atoms with Crippen LogP contribution in [0.4, 0.5) is 24.7 Å². The van der Waals surface area contributed by atoms with Gasteiger partial charge in [-0.05, 0) is 23.8 Å². The van der Waals surface area contributed by atoms with Crippen molar-refractivity contribution in [1.82, 2.24) is 9.88 Å². The predicted molar refractivity (Wildman–Crippen MR) is 111 cm³/mol. The molecule has 0 aliphatic carbocycles. The number of aromatic nitrogens is 1. The maximum absolute atomic E-state index is 13.0. The van der Waals surface area contributed by atoms with Gasteiger partial charge in [0.15, 0.2) is 0 Å². The van der Waals surface area contributed by atoms with Gasteiger partial charge in [0.1, 0.15) is 13.7 Å². The first kappa shape index (κ1) is 21.7. The third-order valence-corrected chi connectivity index (χ3v) is 5.08. The van der Waals surface area contributed by atoms with E-state index in [1.807, 2.05) is 6.07 Å². The first-order valence-electron chi connectivity index (χ1n) is 9.56. The Bertz CT molecular complexity index is 927. The van der Waals surface area contributed by atoms with Crippen LogP contribution in [-0.4, -0.2) is 55.7 Å². The van der Waals surface area contributed by atoms with Crippen molar-refractivity contribution in [1.29, 1.82) is 0 Å². The Morgan fingerprint density at radius 1 is 1.13 bits per heavy atom. The van der Waals surface area contributed by atoms with Crippen LogP contribution in [0, 0.1) is 0 Å². The number of nitrogens with zero attached hydrogens (tertiary/aromatic N) is 3. The monoisotopic (exact) mass is 418 g/mol. The van der Waals surface area contributed by atoms with Crippen LogP contribution in [0.1, 0.15) is 18.1 Å². The number of anilines is 2. The number of piperazine rings is 1. The number of alkyl halides is 3. The summed E-state index contributed by atoms with van der Waals surface area (Å²) in [7, 11) is 1.39. The number of hydrogen-bond acceptors (Lipinski definition) is 4. The summed E-state index contributed by atoms with van der Waals surface area (Å²) in [6.45, 7) is 4.23. The summed E-state index contributed by atoms with van der Waals surface area (Å²) < 4.78 is 39.1. The van der Waals surface area contributed by atoms with Crippen molar-refractivity contribution in [3.8, 4) is 0 Å². The number of nitrogens with one attached hydrogen (secondary N) is 1. The molecule has 6 nitrogen and oxygen atoms in total. The maximum atomic E-state index is 13.0. The molecule has 2 heterocycles. The lowest BCUT2D eigenvalue weighted by Gasteiger charge is -2.35. The summed E-state index contributed by atoms with van der Waals surface area (Å²) in [5.74, 6) is -0.0571. The van der Waals surface area contributed by atoms with Gasteiger partial charge >= 0.3 is 6.18 Å². The third-order valence-electron chi connectivity index (χ3n) is 5.08. The van der Waals surface area contributed by atoms with Crippen molar-refractivity contribution < 1.29 is 22.8 Å². The predicted octanol–water partition coefficient (Wildman–Crippen LogP) is 1.21. The van der Waals surface area contributed by atoms with Gasteiger partial charge in [-0.2, -0.15) is 13.2 Å². The van der Waals surface area contributed by atoms with E-state index in [0.29, 0.717) is 32.0 Å².